The zero-order valence-corrected chi connectivity index (χ0v) is 18.0. The average Bonchev–Trinajstić information content (AvgIpc) is 3.03. The molecule has 0 aliphatic heterocycles. The van der Waals surface area contributed by atoms with Crippen LogP contribution in [0.3, 0.4) is 0 Å². The second-order valence-corrected chi connectivity index (χ2v) is 7.95. The van der Waals surface area contributed by atoms with Gasteiger partial charge in [-0.25, -0.2) is 4.39 Å². The van der Waals surface area contributed by atoms with Crippen LogP contribution >= 0.6 is 0 Å². The Balaban J connectivity index is 1.70. The first-order chi connectivity index (χ1) is 14.3. The maximum absolute atomic E-state index is 13.3. The van der Waals surface area contributed by atoms with Crippen molar-refractivity contribution in [2.24, 2.45) is 0 Å². The summed E-state index contributed by atoms with van der Waals surface area (Å²) in [5, 5.41) is 7.58. The largest absolute Gasteiger partial charge is 0.345 e. The molecule has 1 amide bonds. The molecule has 158 valence electrons. The number of amides is 1. The molecule has 6 heteroatoms. The molecule has 1 N–H and O–H groups in total. The van der Waals surface area contributed by atoms with Crippen LogP contribution in [0.2, 0.25) is 0 Å². The number of halogens is 1. The molecule has 0 radical (unpaired) electrons. The Hall–Kier alpha value is -2.99. The van der Waals surface area contributed by atoms with Crippen LogP contribution in [0.15, 0.2) is 54.6 Å². The lowest BCUT2D eigenvalue weighted by molar-refractivity contribution is 0.0932. The second-order valence-electron chi connectivity index (χ2n) is 7.95. The van der Waals surface area contributed by atoms with Gasteiger partial charge < -0.3 is 10.2 Å². The van der Waals surface area contributed by atoms with Crippen LogP contribution < -0.4 is 5.32 Å². The Kier molecular flexibility index (Phi) is 7.00. The average molecular weight is 409 g/mol. The van der Waals surface area contributed by atoms with Crippen molar-refractivity contribution in [3.8, 4) is 0 Å². The highest BCUT2D eigenvalue weighted by Gasteiger charge is 2.16. The summed E-state index contributed by atoms with van der Waals surface area (Å²) < 4.78 is 15.3. The standard InChI is InChI=1S/C24H29FN4O/c1-17-15-18(2)29(27-17)16-19-5-7-21(8-6-19)24(30)26-23(13-14-28(3)4)20-9-11-22(25)12-10-20/h5-12,15,23H,13-14,16H2,1-4H3,(H,26,30). The second kappa shape index (κ2) is 9.67. The van der Waals surface area contributed by atoms with E-state index in [-0.39, 0.29) is 17.8 Å². The highest BCUT2D eigenvalue weighted by molar-refractivity contribution is 5.94. The third kappa shape index (κ3) is 5.76. The molecule has 0 saturated heterocycles. The van der Waals surface area contributed by atoms with Crippen LogP contribution in [0.1, 0.15) is 45.3 Å². The minimum Gasteiger partial charge on any atom is -0.345 e. The minimum atomic E-state index is -0.283. The summed E-state index contributed by atoms with van der Waals surface area (Å²) >= 11 is 0. The summed E-state index contributed by atoms with van der Waals surface area (Å²) in [4.78, 5) is 14.9. The van der Waals surface area contributed by atoms with Gasteiger partial charge >= 0.3 is 0 Å². The van der Waals surface area contributed by atoms with Crippen LogP contribution in [0.25, 0.3) is 0 Å². The first kappa shape index (κ1) is 21.7. The van der Waals surface area contributed by atoms with E-state index in [2.05, 4.69) is 15.3 Å². The van der Waals surface area contributed by atoms with Crippen molar-refractivity contribution in [3.63, 3.8) is 0 Å². The van der Waals surface area contributed by atoms with Gasteiger partial charge in [-0.1, -0.05) is 24.3 Å². The van der Waals surface area contributed by atoms with E-state index >= 15 is 0 Å². The van der Waals surface area contributed by atoms with Crippen molar-refractivity contribution in [1.29, 1.82) is 0 Å². The van der Waals surface area contributed by atoms with Crippen LogP contribution in [0.4, 0.5) is 4.39 Å². The fourth-order valence-electron chi connectivity index (χ4n) is 3.42. The van der Waals surface area contributed by atoms with E-state index < -0.39 is 0 Å². The monoisotopic (exact) mass is 408 g/mol. The van der Waals surface area contributed by atoms with E-state index in [1.807, 2.05) is 63.0 Å². The molecule has 0 aliphatic rings. The molecule has 30 heavy (non-hydrogen) atoms. The Morgan fingerprint density at radius 2 is 1.77 bits per heavy atom. The van der Waals surface area contributed by atoms with Crippen molar-refractivity contribution < 1.29 is 9.18 Å². The molecule has 0 spiro atoms. The lowest BCUT2D eigenvalue weighted by atomic mass is 10.0. The van der Waals surface area contributed by atoms with E-state index in [0.29, 0.717) is 12.1 Å². The molecule has 1 aromatic heterocycles. The Labute approximate surface area is 177 Å². The first-order valence-electron chi connectivity index (χ1n) is 10.1. The van der Waals surface area contributed by atoms with Gasteiger partial charge in [0, 0.05) is 11.3 Å². The SMILES string of the molecule is Cc1cc(C)n(Cc2ccc(C(=O)NC(CCN(C)C)c3ccc(F)cc3)cc2)n1. The molecule has 5 nitrogen and oxygen atoms in total. The number of nitrogens with one attached hydrogen (secondary N) is 1. The van der Waals surface area contributed by atoms with E-state index in [0.717, 1.165) is 35.5 Å². The summed E-state index contributed by atoms with van der Waals surface area (Å²) in [5.74, 6) is -0.421. The summed E-state index contributed by atoms with van der Waals surface area (Å²) in [6.45, 7) is 5.49. The van der Waals surface area contributed by atoms with Gasteiger partial charge in [0.25, 0.3) is 5.91 Å². The predicted molar refractivity (Wildman–Crippen MR) is 117 cm³/mol. The molecule has 3 rings (SSSR count). The molecule has 3 aromatic rings. The summed E-state index contributed by atoms with van der Waals surface area (Å²) in [7, 11) is 3.98. The number of aromatic nitrogens is 2. The number of nitrogens with zero attached hydrogens (tertiary/aromatic N) is 3. The van der Waals surface area contributed by atoms with Crippen molar-refractivity contribution in [2.75, 3.05) is 20.6 Å². The van der Waals surface area contributed by atoms with Crippen molar-refractivity contribution >= 4 is 5.91 Å². The van der Waals surface area contributed by atoms with E-state index in [4.69, 9.17) is 0 Å². The Bertz CT molecular complexity index is 977. The quantitative estimate of drug-likeness (QED) is 0.610. The van der Waals surface area contributed by atoms with Gasteiger partial charge in [0.05, 0.1) is 18.3 Å². The summed E-state index contributed by atoms with van der Waals surface area (Å²) in [6.07, 6.45) is 0.736. The van der Waals surface area contributed by atoms with Gasteiger partial charge in [0.1, 0.15) is 5.82 Å². The van der Waals surface area contributed by atoms with Gasteiger partial charge in [-0.3, -0.25) is 9.48 Å². The van der Waals surface area contributed by atoms with Gasteiger partial charge in [-0.15, -0.1) is 0 Å². The highest BCUT2D eigenvalue weighted by atomic mass is 19.1. The maximum Gasteiger partial charge on any atom is 0.251 e. The molecule has 1 unspecified atom stereocenters. The number of carbonyl (C=O) groups excluding carboxylic acids is 1. The van der Waals surface area contributed by atoms with E-state index in [1.54, 1.807) is 12.1 Å². The Morgan fingerprint density at radius 1 is 1.10 bits per heavy atom. The Morgan fingerprint density at radius 3 is 2.33 bits per heavy atom. The minimum absolute atomic E-state index is 0.138. The van der Waals surface area contributed by atoms with Gasteiger partial charge in [0.15, 0.2) is 0 Å². The zero-order valence-electron chi connectivity index (χ0n) is 18.0. The number of rotatable bonds is 8. The van der Waals surface area contributed by atoms with Crippen molar-refractivity contribution in [2.45, 2.75) is 32.9 Å². The molecule has 2 aromatic carbocycles. The molecule has 0 aliphatic carbocycles. The fourth-order valence-corrected chi connectivity index (χ4v) is 3.42. The van der Waals surface area contributed by atoms with E-state index in [9.17, 15) is 9.18 Å². The highest BCUT2D eigenvalue weighted by Crippen LogP contribution is 2.19. The van der Waals surface area contributed by atoms with Gasteiger partial charge in [-0.2, -0.15) is 5.10 Å². The fraction of sp³-hybridized carbons (Fsp3) is 0.333. The molecular weight excluding hydrogens is 379 g/mol. The van der Waals surface area contributed by atoms with Crippen molar-refractivity contribution in [1.82, 2.24) is 20.0 Å². The maximum atomic E-state index is 13.3. The van der Waals surface area contributed by atoms with Gasteiger partial charge in [0.2, 0.25) is 0 Å². The molecule has 0 saturated carbocycles. The van der Waals surface area contributed by atoms with Crippen LogP contribution in [-0.4, -0.2) is 41.2 Å². The molecule has 0 bridgehead atoms. The van der Waals surface area contributed by atoms with Crippen LogP contribution in [-0.2, 0) is 6.54 Å². The lowest BCUT2D eigenvalue weighted by Crippen LogP contribution is -2.31. The third-order valence-electron chi connectivity index (χ3n) is 5.09. The zero-order chi connectivity index (χ0) is 21.7. The summed E-state index contributed by atoms with van der Waals surface area (Å²) in [6, 6.07) is 15.8. The normalized spacial score (nSPS) is 12.2. The van der Waals surface area contributed by atoms with Crippen LogP contribution in [0, 0.1) is 19.7 Å². The van der Waals surface area contributed by atoms with Crippen LogP contribution in [0.5, 0.6) is 0 Å². The third-order valence-corrected chi connectivity index (χ3v) is 5.09. The summed E-state index contributed by atoms with van der Waals surface area (Å²) in [5.41, 5.74) is 4.68. The molecular formula is C24H29FN4O. The predicted octanol–water partition coefficient (Wildman–Crippen LogP) is 4.11. The smallest absolute Gasteiger partial charge is 0.251 e. The first-order valence-corrected chi connectivity index (χ1v) is 10.1. The number of hydrogen-bond acceptors (Lipinski definition) is 3. The number of hydrogen-bond donors (Lipinski definition) is 1. The number of aryl methyl sites for hydroxylation is 2. The molecule has 0 fully saturated rings. The van der Waals surface area contributed by atoms with Crippen molar-refractivity contribution in [3.05, 3.63) is 88.5 Å². The van der Waals surface area contributed by atoms with E-state index in [1.165, 1.54) is 12.1 Å². The lowest BCUT2D eigenvalue weighted by Gasteiger charge is -2.21. The van der Waals surface area contributed by atoms with Gasteiger partial charge in [-0.05, 0) is 82.4 Å². The number of benzene rings is 2. The number of carbonyl (C=O) groups is 1. The molecule has 1 atom stereocenters. The topological polar surface area (TPSA) is 50.2 Å². The molecule has 1 heterocycles.